The van der Waals surface area contributed by atoms with Crippen molar-refractivity contribution in [3.63, 3.8) is 0 Å². The van der Waals surface area contributed by atoms with Crippen molar-refractivity contribution in [2.45, 2.75) is 6.92 Å². The van der Waals surface area contributed by atoms with Crippen LogP contribution in [0.4, 0.5) is 5.69 Å². The summed E-state index contributed by atoms with van der Waals surface area (Å²) in [5.41, 5.74) is 1.64. The molecule has 0 spiro atoms. The fourth-order valence-corrected chi connectivity index (χ4v) is 1.28. The Hall–Kier alpha value is -0.0700. The van der Waals surface area contributed by atoms with Crippen molar-refractivity contribution in [2.75, 3.05) is 11.2 Å². The smallest absolute Gasteiger partial charge is 0.369 e. The van der Waals surface area contributed by atoms with Crippen LogP contribution in [0, 0.1) is 6.92 Å². The van der Waals surface area contributed by atoms with Gasteiger partial charge in [-0.1, -0.05) is 18.2 Å². The Labute approximate surface area is 106 Å². The van der Waals surface area contributed by atoms with E-state index in [1.54, 1.807) is 12.1 Å². The number of aryl methyl sites for hydroxylation is 1. The van der Waals surface area contributed by atoms with E-state index in [4.69, 9.17) is 4.55 Å². The monoisotopic (exact) mass is 224 g/mol. The maximum atomic E-state index is 10.4. The van der Waals surface area contributed by atoms with Crippen LogP contribution < -0.4 is 34.9 Å². The van der Waals surface area contributed by atoms with Crippen molar-refractivity contribution in [2.24, 2.45) is 0 Å². The van der Waals surface area contributed by atoms with Gasteiger partial charge in [0.15, 0.2) is 0 Å². The topological polar surface area (TPSA) is 66.4 Å². The van der Waals surface area contributed by atoms with E-state index in [0.717, 1.165) is 5.56 Å². The van der Waals surface area contributed by atoms with E-state index in [1.165, 1.54) is 0 Å². The van der Waals surface area contributed by atoms with E-state index in [2.05, 4.69) is 5.32 Å². The summed E-state index contributed by atoms with van der Waals surface area (Å²) < 4.78 is 29.3. The van der Waals surface area contributed by atoms with Gasteiger partial charge in [0.1, 0.15) is 5.88 Å². The minimum atomic E-state index is -3.95. The minimum Gasteiger partial charge on any atom is -0.369 e. The molecule has 6 heteroatoms. The zero-order valence-corrected chi connectivity index (χ0v) is 11.0. The van der Waals surface area contributed by atoms with Crippen LogP contribution in [0.5, 0.6) is 0 Å². The van der Waals surface area contributed by atoms with Crippen molar-refractivity contribution < 1.29 is 42.5 Å². The molecule has 0 radical (unpaired) electrons. The average molecular weight is 224 g/mol. The van der Waals surface area contributed by atoms with Gasteiger partial charge >= 0.3 is 29.6 Å². The Morgan fingerprint density at radius 2 is 1.93 bits per heavy atom. The summed E-state index contributed by atoms with van der Waals surface area (Å²) in [5.74, 6) is -0.460. The summed E-state index contributed by atoms with van der Waals surface area (Å²) in [6.07, 6.45) is 0. The van der Waals surface area contributed by atoms with Gasteiger partial charge in [0.2, 0.25) is 0 Å². The summed E-state index contributed by atoms with van der Waals surface area (Å²) in [4.78, 5) is 0. The first-order chi connectivity index (χ1) is 5.99. The predicted molar refractivity (Wildman–Crippen MR) is 51.2 cm³/mol. The Kier molecular flexibility index (Phi) is 5.70. The molecule has 1 rings (SSSR count). The van der Waals surface area contributed by atoms with E-state index >= 15 is 0 Å². The van der Waals surface area contributed by atoms with Gasteiger partial charge < -0.3 is 5.32 Å². The van der Waals surface area contributed by atoms with Crippen molar-refractivity contribution in [1.82, 2.24) is 0 Å². The van der Waals surface area contributed by atoms with Crippen molar-refractivity contribution in [3.05, 3.63) is 29.8 Å². The molecular weight excluding hydrogens is 213 g/mol. The summed E-state index contributed by atoms with van der Waals surface area (Å²) >= 11 is 0. The molecule has 14 heavy (non-hydrogen) atoms. The van der Waals surface area contributed by atoms with Crippen LogP contribution in [0.2, 0.25) is 0 Å². The molecule has 0 saturated heterocycles. The maximum Gasteiger partial charge on any atom is 1.00 e. The van der Waals surface area contributed by atoms with Gasteiger partial charge in [0.25, 0.3) is 10.1 Å². The molecule has 1 aromatic rings. The van der Waals surface area contributed by atoms with Gasteiger partial charge in [-0.15, -0.1) is 0 Å². The standard InChI is InChI=1S/C8H11NO3S.Na/c1-7-4-2-3-5-8(7)9-6-13(10,11)12;/h2-5,9H,6H2,1H3,(H,10,11,12);/q;+1. The summed E-state index contributed by atoms with van der Waals surface area (Å²) in [6, 6.07) is 7.25. The van der Waals surface area contributed by atoms with Gasteiger partial charge in [-0.3, -0.25) is 4.55 Å². The molecule has 0 bridgehead atoms. The minimum absolute atomic E-state index is 0. The molecule has 0 aliphatic rings. The molecule has 0 heterocycles. The average Bonchev–Trinajstić information content (AvgIpc) is 2.01. The molecule has 1 aromatic carbocycles. The molecule has 0 fully saturated rings. The zero-order chi connectivity index (χ0) is 9.90. The van der Waals surface area contributed by atoms with Crippen LogP contribution in [0.15, 0.2) is 24.3 Å². The fraction of sp³-hybridized carbons (Fsp3) is 0.250. The maximum absolute atomic E-state index is 10.4. The summed E-state index contributed by atoms with van der Waals surface area (Å²) in [5, 5.41) is 2.61. The second kappa shape index (κ2) is 5.72. The van der Waals surface area contributed by atoms with Crippen molar-refractivity contribution in [3.8, 4) is 0 Å². The number of para-hydroxylation sites is 1. The van der Waals surface area contributed by atoms with Crippen LogP contribution in [0.1, 0.15) is 5.56 Å². The third-order valence-corrected chi connectivity index (χ3v) is 2.10. The first-order valence-corrected chi connectivity index (χ1v) is 5.34. The number of benzene rings is 1. The van der Waals surface area contributed by atoms with Crippen LogP contribution in [-0.4, -0.2) is 18.8 Å². The molecule has 0 unspecified atom stereocenters. The predicted octanol–water partition coefficient (Wildman–Crippen LogP) is -1.74. The number of nitrogens with one attached hydrogen (secondary N) is 1. The molecule has 72 valence electrons. The molecule has 0 aliphatic carbocycles. The van der Waals surface area contributed by atoms with Crippen LogP contribution in [0.3, 0.4) is 0 Å². The van der Waals surface area contributed by atoms with Gasteiger partial charge in [-0.05, 0) is 18.6 Å². The molecule has 0 saturated carbocycles. The first-order valence-electron chi connectivity index (χ1n) is 3.74. The fourth-order valence-electron chi connectivity index (χ4n) is 0.940. The van der Waals surface area contributed by atoms with E-state index in [0.29, 0.717) is 5.69 Å². The quantitative estimate of drug-likeness (QED) is 0.472. The van der Waals surface area contributed by atoms with E-state index < -0.39 is 16.0 Å². The zero-order valence-electron chi connectivity index (χ0n) is 8.19. The van der Waals surface area contributed by atoms with Crippen LogP contribution in [-0.2, 0) is 10.1 Å². The van der Waals surface area contributed by atoms with Gasteiger partial charge in [0, 0.05) is 5.69 Å². The Balaban J connectivity index is 0.00000169. The van der Waals surface area contributed by atoms with Crippen LogP contribution >= 0.6 is 0 Å². The van der Waals surface area contributed by atoms with Gasteiger partial charge in [-0.25, -0.2) is 0 Å². The Morgan fingerprint density at radius 3 is 2.43 bits per heavy atom. The molecule has 0 amide bonds. The second-order valence-corrected chi connectivity index (χ2v) is 4.17. The third kappa shape index (κ3) is 4.97. The second-order valence-electron chi connectivity index (χ2n) is 2.72. The first kappa shape index (κ1) is 13.9. The van der Waals surface area contributed by atoms with Crippen molar-refractivity contribution in [1.29, 1.82) is 0 Å². The number of hydrogen-bond acceptors (Lipinski definition) is 3. The Bertz CT molecular complexity index is 391. The SMILES string of the molecule is Cc1ccccc1NCS(=O)(=O)O.[Na+]. The number of rotatable bonds is 3. The molecule has 0 aromatic heterocycles. The summed E-state index contributed by atoms with van der Waals surface area (Å²) in [6.45, 7) is 1.85. The molecule has 0 atom stereocenters. The van der Waals surface area contributed by atoms with Crippen molar-refractivity contribution >= 4 is 15.8 Å². The largest absolute Gasteiger partial charge is 1.00 e. The molecule has 2 N–H and O–H groups in total. The Morgan fingerprint density at radius 1 is 1.36 bits per heavy atom. The molecular formula is C8H11NNaO3S+. The van der Waals surface area contributed by atoms with Gasteiger partial charge in [-0.2, -0.15) is 8.42 Å². The molecule has 0 aliphatic heterocycles. The molecule has 4 nitrogen and oxygen atoms in total. The van der Waals surface area contributed by atoms with E-state index in [-0.39, 0.29) is 29.6 Å². The van der Waals surface area contributed by atoms with E-state index in [9.17, 15) is 8.42 Å². The number of anilines is 1. The summed E-state index contributed by atoms with van der Waals surface area (Å²) in [7, 11) is -3.95. The third-order valence-electron chi connectivity index (χ3n) is 1.59. The van der Waals surface area contributed by atoms with E-state index in [1.807, 2.05) is 19.1 Å². The van der Waals surface area contributed by atoms with Crippen LogP contribution in [0.25, 0.3) is 0 Å². The number of hydrogen-bond donors (Lipinski definition) is 2. The van der Waals surface area contributed by atoms with Gasteiger partial charge in [0.05, 0.1) is 0 Å². The normalized spacial score (nSPS) is 10.4.